The van der Waals surface area contributed by atoms with Crippen LogP contribution >= 0.6 is 11.6 Å². The van der Waals surface area contributed by atoms with Gasteiger partial charge in [-0.2, -0.15) is 0 Å². The number of nitro groups is 1. The fraction of sp³-hybridized carbons (Fsp3) is 0.263. The van der Waals surface area contributed by atoms with Crippen LogP contribution in [0.15, 0.2) is 36.4 Å². The number of nitrogens with zero attached hydrogens (tertiary/aromatic N) is 3. The molecule has 0 radical (unpaired) electrons. The second kappa shape index (κ2) is 8.95. The maximum absolute atomic E-state index is 13.6. The van der Waals surface area contributed by atoms with E-state index in [1.165, 1.54) is 0 Å². The number of piperazine rings is 1. The number of nitrogens with two attached hydrogens (primary N) is 1. The van der Waals surface area contributed by atoms with E-state index in [9.17, 15) is 24.1 Å². The molecule has 1 fully saturated rings. The molecule has 0 saturated carbocycles. The van der Waals surface area contributed by atoms with Crippen molar-refractivity contribution < 1.29 is 18.9 Å². The third kappa shape index (κ3) is 4.77. The molecule has 0 aliphatic carbocycles. The van der Waals surface area contributed by atoms with Gasteiger partial charge in [-0.05, 0) is 24.3 Å². The van der Waals surface area contributed by atoms with Crippen molar-refractivity contribution >= 4 is 40.5 Å². The highest BCUT2D eigenvalue weighted by atomic mass is 35.5. The SMILES string of the molecule is Nc1c(C(=O)NCC(=O)N2CCN(c3cccc(Cl)c3)CC2)cc(F)cc1[N+](=O)[O-]. The molecule has 0 unspecified atom stereocenters. The van der Waals surface area contributed by atoms with Crippen LogP contribution in [0.2, 0.25) is 5.02 Å². The van der Waals surface area contributed by atoms with Gasteiger partial charge in [0.25, 0.3) is 11.6 Å². The van der Waals surface area contributed by atoms with Gasteiger partial charge in [0.2, 0.25) is 5.91 Å². The zero-order chi connectivity index (χ0) is 21.8. The maximum atomic E-state index is 13.6. The molecule has 9 nitrogen and oxygen atoms in total. The van der Waals surface area contributed by atoms with Crippen molar-refractivity contribution in [2.75, 3.05) is 43.4 Å². The van der Waals surface area contributed by atoms with Crippen LogP contribution in [0.3, 0.4) is 0 Å². The standard InChI is InChI=1S/C19H19ClFN5O4/c20-12-2-1-3-14(8-12)24-4-6-25(7-5-24)17(27)11-23-19(28)15-9-13(21)10-16(18(15)22)26(29)30/h1-3,8-10H,4-7,11,22H2,(H,23,28). The number of benzene rings is 2. The van der Waals surface area contributed by atoms with Crippen molar-refractivity contribution in [3.05, 3.63) is 62.9 Å². The van der Waals surface area contributed by atoms with Crippen molar-refractivity contribution in [3.63, 3.8) is 0 Å². The largest absolute Gasteiger partial charge is 0.393 e. The van der Waals surface area contributed by atoms with Gasteiger partial charge in [0.15, 0.2) is 0 Å². The van der Waals surface area contributed by atoms with Crippen LogP contribution in [0.5, 0.6) is 0 Å². The number of rotatable bonds is 5. The number of anilines is 2. The zero-order valence-corrected chi connectivity index (χ0v) is 16.6. The highest BCUT2D eigenvalue weighted by Gasteiger charge is 2.24. The van der Waals surface area contributed by atoms with Gasteiger partial charge in [-0.1, -0.05) is 17.7 Å². The van der Waals surface area contributed by atoms with Crippen molar-refractivity contribution in [2.45, 2.75) is 0 Å². The Hall–Kier alpha value is -3.40. The second-order valence-corrected chi connectivity index (χ2v) is 7.11. The van der Waals surface area contributed by atoms with Gasteiger partial charge in [0.05, 0.1) is 23.1 Å². The zero-order valence-electron chi connectivity index (χ0n) is 15.8. The summed E-state index contributed by atoms with van der Waals surface area (Å²) in [5, 5.41) is 13.9. The Morgan fingerprint density at radius 2 is 1.90 bits per heavy atom. The molecule has 1 heterocycles. The molecule has 1 saturated heterocycles. The summed E-state index contributed by atoms with van der Waals surface area (Å²) in [4.78, 5) is 38.4. The Morgan fingerprint density at radius 3 is 2.53 bits per heavy atom. The number of hydrogen-bond donors (Lipinski definition) is 2. The number of carbonyl (C=O) groups excluding carboxylic acids is 2. The Bertz CT molecular complexity index is 995. The Morgan fingerprint density at radius 1 is 1.20 bits per heavy atom. The molecule has 0 atom stereocenters. The summed E-state index contributed by atoms with van der Waals surface area (Å²) in [6.45, 7) is 1.77. The topological polar surface area (TPSA) is 122 Å². The van der Waals surface area contributed by atoms with Crippen molar-refractivity contribution in [2.24, 2.45) is 0 Å². The van der Waals surface area contributed by atoms with E-state index in [0.29, 0.717) is 37.3 Å². The second-order valence-electron chi connectivity index (χ2n) is 6.67. The molecule has 0 aromatic heterocycles. The minimum Gasteiger partial charge on any atom is -0.393 e. The lowest BCUT2D eigenvalue weighted by molar-refractivity contribution is -0.384. The average molecular weight is 436 g/mol. The minimum atomic E-state index is -0.968. The summed E-state index contributed by atoms with van der Waals surface area (Å²) in [6, 6.07) is 8.86. The molecule has 1 aliphatic rings. The minimum absolute atomic E-state index is 0.321. The Labute approximate surface area is 176 Å². The van der Waals surface area contributed by atoms with E-state index < -0.39 is 28.0 Å². The van der Waals surface area contributed by atoms with Gasteiger partial charge in [-0.25, -0.2) is 4.39 Å². The van der Waals surface area contributed by atoms with E-state index in [1.54, 1.807) is 11.0 Å². The summed E-state index contributed by atoms with van der Waals surface area (Å²) < 4.78 is 13.6. The quantitative estimate of drug-likeness (QED) is 0.421. The van der Waals surface area contributed by atoms with E-state index in [4.69, 9.17) is 17.3 Å². The number of nitro benzene ring substituents is 1. The lowest BCUT2D eigenvalue weighted by Crippen LogP contribution is -2.51. The van der Waals surface area contributed by atoms with Gasteiger partial charge >= 0.3 is 0 Å². The van der Waals surface area contributed by atoms with E-state index in [2.05, 4.69) is 10.2 Å². The highest BCUT2D eigenvalue weighted by molar-refractivity contribution is 6.30. The van der Waals surface area contributed by atoms with Gasteiger partial charge in [-0.3, -0.25) is 19.7 Å². The number of nitrogens with one attached hydrogen (secondary N) is 1. The smallest absolute Gasteiger partial charge is 0.295 e. The number of amides is 2. The molecule has 2 aromatic carbocycles. The first-order chi connectivity index (χ1) is 14.3. The third-order valence-electron chi connectivity index (χ3n) is 4.77. The molecule has 158 valence electrons. The van der Waals surface area contributed by atoms with Crippen LogP contribution in [0.4, 0.5) is 21.5 Å². The lowest BCUT2D eigenvalue weighted by atomic mass is 10.1. The number of hydrogen-bond acceptors (Lipinski definition) is 6. The molecule has 1 aliphatic heterocycles. The first kappa shape index (κ1) is 21.3. The summed E-state index contributed by atoms with van der Waals surface area (Å²) >= 11 is 6.01. The van der Waals surface area contributed by atoms with Crippen LogP contribution < -0.4 is 16.0 Å². The molecule has 2 aromatic rings. The highest BCUT2D eigenvalue weighted by Crippen LogP contribution is 2.26. The van der Waals surface area contributed by atoms with Gasteiger partial charge < -0.3 is 20.9 Å². The molecule has 0 spiro atoms. The predicted molar refractivity (Wildman–Crippen MR) is 110 cm³/mol. The number of nitrogen functional groups attached to an aromatic ring is 1. The Kier molecular flexibility index (Phi) is 6.36. The van der Waals surface area contributed by atoms with Gasteiger partial charge in [0.1, 0.15) is 11.5 Å². The van der Waals surface area contributed by atoms with Crippen LogP contribution in [0.25, 0.3) is 0 Å². The summed E-state index contributed by atoms with van der Waals surface area (Å²) in [6.07, 6.45) is 0. The molecule has 30 heavy (non-hydrogen) atoms. The summed E-state index contributed by atoms with van der Waals surface area (Å²) in [5.41, 5.74) is 5.02. The number of carbonyl (C=O) groups is 2. The molecular weight excluding hydrogens is 417 g/mol. The lowest BCUT2D eigenvalue weighted by Gasteiger charge is -2.36. The van der Waals surface area contributed by atoms with E-state index in [0.717, 1.165) is 11.8 Å². The van der Waals surface area contributed by atoms with E-state index >= 15 is 0 Å². The van der Waals surface area contributed by atoms with Gasteiger partial charge in [-0.15, -0.1) is 0 Å². The summed E-state index contributed by atoms with van der Waals surface area (Å²) in [7, 11) is 0. The van der Waals surface area contributed by atoms with Crippen molar-refractivity contribution in [3.8, 4) is 0 Å². The van der Waals surface area contributed by atoms with Crippen LogP contribution in [0.1, 0.15) is 10.4 Å². The fourth-order valence-corrected chi connectivity index (χ4v) is 3.38. The van der Waals surface area contributed by atoms with Gasteiger partial charge in [0, 0.05) is 36.9 Å². The molecule has 11 heteroatoms. The first-order valence-electron chi connectivity index (χ1n) is 9.06. The molecule has 2 amide bonds. The predicted octanol–water partition coefficient (Wildman–Crippen LogP) is 2.05. The Balaban J connectivity index is 1.56. The fourth-order valence-electron chi connectivity index (χ4n) is 3.19. The number of halogens is 2. The molecule has 0 bridgehead atoms. The van der Waals surface area contributed by atoms with E-state index in [-0.39, 0.29) is 18.0 Å². The van der Waals surface area contributed by atoms with Crippen LogP contribution in [0, 0.1) is 15.9 Å². The van der Waals surface area contributed by atoms with Crippen LogP contribution in [-0.2, 0) is 4.79 Å². The molecule has 3 rings (SSSR count). The summed E-state index contributed by atoms with van der Waals surface area (Å²) in [5.74, 6) is -2.15. The third-order valence-corrected chi connectivity index (χ3v) is 5.01. The van der Waals surface area contributed by atoms with Crippen molar-refractivity contribution in [1.29, 1.82) is 0 Å². The molecular formula is C19H19ClFN5O4. The molecule has 3 N–H and O–H groups in total. The van der Waals surface area contributed by atoms with E-state index in [1.807, 2.05) is 18.2 Å². The first-order valence-corrected chi connectivity index (χ1v) is 9.44. The average Bonchev–Trinajstić information content (AvgIpc) is 2.73. The maximum Gasteiger partial charge on any atom is 0.295 e. The monoisotopic (exact) mass is 435 g/mol. The normalized spacial score (nSPS) is 13.8. The van der Waals surface area contributed by atoms with Crippen molar-refractivity contribution in [1.82, 2.24) is 10.2 Å². The van der Waals surface area contributed by atoms with Crippen LogP contribution in [-0.4, -0.2) is 54.4 Å².